The van der Waals surface area contributed by atoms with Crippen LogP contribution in [0.1, 0.15) is 42.3 Å². The van der Waals surface area contributed by atoms with Gasteiger partial charge in [-0.15, -0.1) is 0 Å². The second-order valence-corrected chi connectivity index (χ2v) is 7.67. The van der Waals surface area contributed by atoms with E-state index in [0.717, 1.165) is 11.1 Å². The summed E-state index contributed by atoms with van der Waals surface area (Å²) >= 11 is 0. The molecule has 2 aromatic carbocycles. The van der Waals surface area contributed by atoms with E-state index in [0.29, 0.717) is 23.7 Å². The van der Waals surface area contributed by atoms with Gasteiger partial charge in [0.1, 0.15) is 17.5 Å². The fraction of sp³-hybridized carbons (Fsp3) is 0.375. The third-order valence-electron chi connectivity index (χ3n) is 4.75. The molecule has 172 valence electrons. The predicted molar refractivity (Wildman–Crippen MR) is 121 cm³/mol. The van der Waals surface area contributed by atoms with Gasteiger partial charge in [0.15, 0.2) is 6.61 Å². The summed E-state index contributed by atoms with van der Waals surface area (Å²) in [4.78, 5) is 37.5. The Morgan fingerprint density at radius 1 is 0.906 bits per heavy atom. The highest BCUT2D eigenvalue weighted by molar-refractivity contribution is 5.99. The van der Waals surface area contributed by atoms with Crippen LogP contribution in [-0.2, 0) is 9.59 Å². The lowest BCUT2D eigenvalue weighted by Crippen LogP contribution is -2.55. The summed E-state index contributed by atoms with van der Waals surface area (Å²) in [6, 6.07) is 11.6. The van der Waals surface area contributed by atoms with E-state index in [1.165, 1.54) is 0 Å². The van der Waals surface area contributed by atoms with E-state index in [9.17, 15) is 14.4 Å². The van der Waals surface area contributed by atoms with Gasteiger partial charge in [-0.1, -0.05) is 44.2 Å². The minimum atomic E-state index is -0.864. The number of ether oxygens (including phenoxy) is 2. The minimum Gasteiger partial charge on any atom is -0.493 e. The largest absolute Gasteiger partial charge is 0.493 e. The molecule has 8 heteroatoms. The lowest BCUT2D eigenvalue weighted by Gasteiger charge is -2.22. The van der Waals surface area contributed by atoms with E-state index in [2.05, 4.69) is 16.2 Å². The molecule has 2 aromatic rings. The molecular formula is C24H31N3O5. The molecule has 0 bridgehead atoms. The van der Waals surface area contributed by atoms with Crippen LogP contribution in [0, 0.1) is 19.8 Å². The average molecular weight is 442 g/mol. The molecule has 0 unspecified atom stereocenters. The maximum Gasteiger partial charge on any atom is 0.276 e. The number of nitrogens with one attached hydrogen (secondary N) is 3. The lowest BCUT2D eigenvalue weighted by atomic mass is 10.0. The molecule has 0 aliphatic rings. The number of carbonyl (C=O) groups is 3. The first-order valence-corrected chi connectivity index (χ1v) is 10.5. The van der Waals surface area contributed by atoms with Crippen molar-refractivity contribution in [1.82, 2.24) is 16.2 Å². The number of hydrogen-bond donors (Lipinski definition) is 3. The molecular weight excluding hydrogens is 410 g/mol. The summed E-state index contributed by atoms with van der Waals surface area (Å²) in [5, 5.41) is 2.71. The van der Waals surface area contributed by atoms with Crippen molar-refractivity contribution in [3.05, 3.63) is 59.2 Å². The van der Waals surface area contributed by atoms with Crippen molar-refractivity contribution in [2.24, 2.45) is 5.92 Å². The van der Waals surface area contributed by atoms with Crippen molar-refractivity contribution < 1.29 is 23.9 Å². The van der Waals surface area contributed by atoms with Gasteiger partial charge in [-0.05, 0) is 49.9 Å². The van der Waals surface area contributed by atoms with Crippen LogP contribution in [0.4, 0.5) is 0 Å². The number of aryl methyl sites for hydroxylation is 2. The van der Waals surface area contributed by atoms with Crippen molar-refractivity contribution in [1.29, 1.82) is 0 Å². The maximum atomic E-state index is 12.7. The van der Waals surface area contributed by atoms with E-state index in [4.69, 9.17) is 9.47 Å². The van der Waals surface area contributed by atoms with Gasteiger partial charge in [0, 0.05) is 0 Å². The molecule has 2 rings (SSSR count). The highest BCUT2D eigenvalue weighted by atomic mass is 16.5. The summed E-state index contributed by atoms with van der Waals surface area (Å²) < 4.78 is 11.1. The second-order valence-electron chi connectivity index (χ2n) is 7.67. The maximum absolute atomic E-state index is 12.7. The van der Waals surface area contributed by atoms with Gasteiger partial charge in [-0.25, -0.2) is 0 Å². The Morgan fingerprint density at radius 2 is 1.56 bits per heavy atom. The van der Waals surface area contributed by atoms with Crippen LogP contribution >= 0.6 is 0 Å². The first kappa shape index (κ1) is 24.7. The Bertz CT molecular complexity index is 938. The van der Waals surface area contributed by atoms with E-state index >= 15 is 0 Å². The summed E-state index contributed by atoms with van der Waals surface area (Å²) in [7, 11) is 0. The minimum absolute atomic E-state index is 0.221. The third kappa shape index (κ3) is 6.73. The molecule has 0 saturated heterocycles. The van der Waals surface area contributed by atoms with Crippen molar-refractivity contribution in [3.8, 4) is 11.5 Å². The number of hydrogen-bond acceptors (Lipinski definition) is 5. The first-order valence-electron chi connectivity index (χ1n) is 10.5. The number of hydrazine groups is 1. The normalized spacial score (nSPS) is 11.4. The Hall–Kier alpha value is -3.55. The first-order chi connectivity index (χ1) is 15.2. The van der Waals surface area contributed by atoms with Crippen LogP contribution in [0.5, 0.6) is 11.5 Å². The van der Waals surface area contributed by atoms with E-state index in [1.807, 2.05) is 39.0 Å². The zero-order valence-corrected chi connectivity index (χ0v) is 19.2. The highest BCUT2D eigenvalue weighted by Crippen LogP contribution is 2.22. The topological polar surface area (TPSA) is 106 Å². The fourth-order valence-electron chi connectivity index (χ4n) is 3.10. The van der Waals surface area contributed by atoms with Crippen LogP contribution in [0.25, 0.3) is 0 Å². The standard InChI is InChI=1S/C24H31N3O5/c1-6-31-19-13-8-7-12-18(19)23(29)25-21(15(2)3)24(30)27-26-20(28)14-32-22-16(4)10-9-11-17(22)5/h7-13,15,21H,6,14H2,1-5H3,(H,25,29)(H,26,28)(H,27,30)/t21-/m0/s1. The monoisotopic (exact) mass is 441 g/mol. The number of para-hydroxylation sites is 2. The van der Waals surface area contributed by atoms with Crippen LogP contribution < -0.4 is 25.6 Å². The molecule has 3 N–H and O–H groups in total. The highest BCUT2D eigenvalue weighted by Gasteiger charge is 2.26. The van der Waals surface area contributed by atoms with Gasteiger partial charge in [-0.3, -0.25) is 25.2 Å². The Balaban J connectivity index is 1.94. The van der Waals surface area contributed by atoms with Crippen molar-refractivity contribution in [2.75, 3.05) is 13.2 Å². The van der Waals surface area contributed by atoms with Gasteiger partial charge in [-0.2, -0.15) is 0 Å². The molecule has 0 aliphatic carbocycles. The Labute approximate surface area is 188 Å². The second kappa shape index (κ2) is 11.7. The quantitative estimate of drug-likeness (QED) is 0.519. The fourth-order valence-corrected chi connectivity index (χ4v) is 3.10. The molecule has 0 heterocycles. The van der Waals surface area contributed by atoms with Gasteiger partial charge in [0.05, 0.1) is 12.2 Å². The van der Waals surface area contributed by atoms with Gasteiger partial charge >= 0.3 is 0 Å². The zero-order chi connectivity index (χ0) is 23.7. The van der Waals surface area contributed by atoms with E-state index in [-0.39, 0.29) is 12.5 Å². The molecule has 0 aromatic heterocycles. The molecule has 0 saturated carbocycles. The molecule has 32 heavy (non-hydrogen) atoms. The van der Waals surface area contributed by atoms with Crippen molar-refractivity contribution in [3.63, 3.8) is 0 Å². The molecule has 0 aliphatic heterocycles. The average Bonchev–Trinajstić information content (AvgIpc) is 2.75. The molecule has 0 fully saturated rings. The van der Waals surface area contributed by atoms with Crippen molar-refractivity contribution >= 4 is 17.7 Å². The predicted octanol–water partition coefficient (Wildman–Crippen LogP) is 2.68. The number of rotatable bonds is 9. The van der Waals surface area contributed by atoms with Gasteiger partial charge < -0.3 is 14.8 Å². The number of carbonyl (C=O) groups excluding carboxylic acids is 3. The van der Waals surface area contributed by atoms with Crippen LogP contribution in [0.2, 0.25) is 0 Å². The molecule has 3 amide bonds. The van der Waals surface area contributed by atoms with Crippen LogP contribution in [0.15, 0.2) is 42.5 Å². The summed E-state index contributed by atoms with van der Waals surface area (Å²) in [5.74, 6) is -0.644. The van der Waals surface area contributed by atoms with Crippen LogP contribution in [-0.4, -0.2) is 37.0 Å². The Kier molecular flexibility index (Phi) is 9.07. The zero-order valence-electron chi connectivity index (χ0n) is 19.2. The lowest BCUT2D eigenvalue weighted by molar-refractivity contribution is -0.131. The Morgan fingerprint density at radius 3 is 2.19 bits per heavy atom. The van der Waals surface area contributed by atoms with Gasteiger partial charge in [0.25, 0.3) is 17.7 Å². The molecule has 0 spiro atoms. The van der Waals surface area contributed by atoms with E-state index in [1.54, 1.807) is 38.1 Å². The summed E-state index contributed by atoms with van der Waals surface area (Å²) in [6.45, 7) is 9.35. The summed E-state index contributed by atoms with van der Waals surface area (Å²) in [6.07, 6.45) is 0. The van der Waals surface area contributed by atoms with Crippen LogP contribution in [0.3, 0.4) is 0 Å². The molecule has 0 radical (unpaired) electrons. The number of benzene rings is 2. The summed E-state index contributed by atoms with van der Waals surface area (Å²) in [5.41, 5.74) is 6.85. The van der Waals surface area contributed by atoms with E-state index < -0.39 is 23.8 Å². The third-order valence-corrected chi connectivity index (χ3v) is 4.75. The SMILES string of the molecule is CCOc1ccccc1C(=O)N[C@H](C(=O)NNC(=O)COc1c(C)cccc1C)C(C)C. The smallest absolute Gasteiger partial charge is 0.276 e. The molecule has 1 atom stereocenters. The molecule has 8 nitrogen and oxygen atoms in total. The van der Waals surface area contributed by atoms with Crippen molar-refractivity contribution in [2.45, 2.75) is 40.7 Å². The number of amides is 3. The van der Waals surface area contributed by atoms with Gasteiger partial charge in [0.2, 0.25) is 0 Å².